The Balaban J connectivity index is 2.44. The van der Waals surface area contributed by atoms with Gasteiger partial charge in [-0.2, -0.15) is 0 Å². The topological polar surface area (TPSA) is 20.2 Å². The Labute approximate surface area is 116 Å². The molecule has 0 aromatic heterocycles. The highest BCUT2D eigenvalue weighted by molar-refractivity contribution is 6.89. The zero-order valence-electron chi connectivity index (χ0n) is 12.1. The van der Waals surface area contributed by atoms with Crippen LogP contribution in [0.4, 0.5) is 0 Å². The van der Waals surface area contributed by atoms with Crippen molar-refractivity contribution in [3.8, 4) is 0 Å². The molecule has 0 bridgehead atoms. The quantitative estimate of drug-likeness (QED) is 0.845. The minimum atomic E-state index is -1.44. The Hall–Kier alpha value is -1.38. The van der Waals surface area contributed by atoms with E-state index in [1.54, 1.807) is 0 Å². The second-order valence-electron chi connectivity index (χ2n) is 6.15. The van der Waals surface area contributed by atoms with Crippen molar-refractivity contribution >= 4 is 13.3 Å². The predicted octanol–water partition coefficient (Wildman–Crippen LogP) is 3.62. The summed E-state index contributed by atoms with van der Waals surface area (Å²) in [7, 11) is -1.44. The van der Waals surface area contributed by atoms with Crippen molar-refractivity contribution in [2.75, 3.05) is 0 Å². The molecule has 0 aliphatic heterocycles. The molecule has 0 spiro atoms. The zero-order chi connectivity index (χ0) is 14.0. The number of hydrogen-bond donors (Lipinski definition) is 1. The van der Waals surface area contributed by atoms with Crippen molar-refractivity contribution < 1.29 is 5.11 Å². The van der Waals surface area contributed by atoms with Gasteiger partial charge in [0.25, 0.3) is 0 Å². The molecule has 0 aliphatic rings. The average Bonchev–Trinajstić information content (AvgIpc) is 2.38. The van der Waals surface area contributed by atoms with Crippen molar-refractivity contribution in [2.24, 2.45) is 0 Å². The van der Waals surface area contributed by atoms with Gasteiger partial charge in [0.15, 0.2) is 0 Å². The van der Waals surface area contributed by atoms with Gasteiger partial charge in [-0.25, -0.2) is 0 Å². The maximum absolute atomic E-state index is 10.6. The van der Waals surface area contributed by atoms with Gasteiger partial charge < -0.3 is 5.11 Å². The summed E-state index contributed by atoms with van der Waals surface area (Å²) < 4.78 is 0. The molecule has 0 fully saturated rings. The minimum absolute atomic E-state index is 0.525. The lowest BCUT2D eigenvalue weighted by Crippen LogP contribution is -2.40. The van der Waals surface area contributed by atoms with E-state index in [4.69, 9.17) is 0 Å². The fraction of sp³-hybridized carbons (Fsp3) is 0.294. The number of aryl methyl sites for hydroxylation is 1. The van der Waals surface area contributed by atoms with E-state index in [1.807, 2.05) is 18.2 Å². The third kappa shape index (κ3) is 3.14. The minimum Gasteiger partial charge on any atom is -0.384 e. The summed E-state index contributed by atoms with van der Waals surface area (Å²) in [6.07, 6.45) is -0.525. The van der Waals surface area contributed by atoms with Gasteiger partial charge in [0.05, 0.1) is 8.07 Å². The molecule has 0 heterocycles. The van der Waals surface area contributed by atoms with Crippen LogP contribution in [0.15, 0.2) is 48.5 Å². The maximum Gasteiger partial charge on any atom is 0.104 e. The maximum atomic E-state index is 10.6. The van der Waals surface area contributed by atoms with Gasteiger partial charge in [0.1, 0.15) is 6.10 Å². The number of aliphatic hydroxyl groups excluding tert-OH is 1. The average molecular weight is 270 g/mol. The van der Waals surface area contributed by atoms with Crippen LogP contribution in [0.25, 0.3) is 0 Å². The Morgan fingerprint density at radius 1 is 0.895 bits per heavy atom. The lowest BCUT2D eigenvalue weighted by atomic mass is 10.0. The van der Waals surface area contributed by atoms with Crippen LogP contribution in [0, 0.1) is 6.92 Å². The number of benzene rings is 2. The summed E-state index contributed by atoms with van der Waals surface area (Å²) in [5, 5.41) is 12.0. The first kappa shape index (κ1) is 14.0. The fourth-order valence-electron chi connectivity index (χ4n) is 2.35. The molecule has 0 saturated heterocycles. The highest BCUT2D eigenvalue weighted by Crippen LogP contribution is 2.22. The molecule has 0 aliphatic carbocycles. The molecule has 2 aromatic carbocycles. The predicted molar refractivity (Wildman–Crippen MR) is 84.7 cm³/mol. The van der Waals surface area contributed by atoms with Gasteiger partial charge in [-0.05, 0) is 18.1 Å². The van der Waals surface area contributed by atoms with E-state index < -0.39 is 14.2 Å². The summed E-state index contributed by atoms with van der Waals surface area (Å²) in [5.41, 5.74) is 3.25. The van der Waals surface area contributed by atoms with Crippen LogP contribution in [0.2, 0.25) is 19.6 Å². The van der Waals surface area contributed by atoms with Gasteiger partial charge in [0, 0.05) is 0 Å². The fourth-order valence-corrected chi connectivity index (χ4v) is 4.03. The lowest BCUT2D eigenvalue weighted by molar-refractivity contribution is 0.221. The molecule has 2 rings (SSSR count). The van der Waals surface area contributed by atoms with Gasteiger partial charge in [0.2, 0.25) is 0 Å². The zero-order valence-corrected chi connectivity index (χ0v) is 13.1. The summed E-state index contributed by atoms with van der Waals surface area (Å²) in [5.74, 6) is 0. The lowest BCUT2D eigenvalue weighted by Gasteiger charge is -2.24. The van der Waals surface area contributed by atoms with Crippen molar-refractivity contribution in [3.63, 3.8) is 0 Å². The molecule has 2 heteroatoms. The van der Waals surface area contributed by atoms with Crippen LogP contribution in [-0.4, -0.2) is 13.2 Å². The second-order valence-corrected chi connectivity index (χ2v) is 11.2. The van der Waals surface area contributed by atoms with Crippen molar-refractivity contribution in [3.05, 3.63) is 65.2 Å². The molecule has 100 valence electrons. The van der Waals surface area contributed by atoms with Crippen molar-refractivity contribution in [2.45, 2.75) is 32.7 Å². The van der Waals surface area contributed by atoms with Crippen molar-refractivity contribution in [1.29, 1.82) is 0 Å². The molecule has 1 unspecified atom stereocenters. The van der Waals surface area contributed by atoms with Crippen LogP contribution in [-0.2, 0) is 0 Å². The molecule has 19 heavy (non-hydrogen) atoms. The van der Waals surface area contributed by atoms with E-state index >= 15 is 0 Å². The number of rotatable bonds is 3. The summed E-state index contributed by atoms with van der Waals surface area (Å²) in [6, 6.07) is 16.4. The van der Waals surface area contributed by atoms with Crippen LogP contribution >= 0.6 is 0 Å². The number of hydrogen-bond acceptors (Lipinski definition) is 1. The third-order valence-electron chi connectivity index (χ3n) is 3.46. The van der Waals surface area contributed by atoms with Gasteiger partial charge in [-0.3, -0.25) is 0 Å². The van der Waals surface area contributed by atoms with E-state index in [0.717, 1.165) is 11.1 Å². The van der Waals surface area contributed by atoms with E-state index in [-0.39, 0.29) is 0 Å². The number of aliphatic hydroxyl groups is 1. The first-order valence-electron chi connectivity index (χ1n) is 6.73. The van der Waals surface area contributed by atoms with Gasteiger partial charge >= 0.3 is 0 Å². The van der Waals surface area contributed by atoms with Gasteiger partial charge in [-0.1, -0.05) is 78.9 Å². The SMILES string of the molecule is Cc1ccc(C(O)c2ccccc2[Si](C)(C)C)cc1. The van der Waals surface area contributed by atoms with E-state index in [0.29, 0.717) is 0 Å². The molecule has 1 nitrogen and oxygen atoms in total. The molecule has 1 atom stereocenters. The Morgan fingerprint density at radius 2 is 1.47 bits per heavy atom. The Kier molecular flexibility index (Phi) is 3.93. The Bertz CT molecular complexity index is 552. The molecular formula is C17H22OSi. The van der Waals surface area contributed by atoms with E-state index in [2.05, 4.69) is 56.9 Å². The molecular weight excluding hydrogens is 248 g/mol. The highest BCUT2D eigenvalue weighted by atomic mass is 28.3. The molecule has 2 aromatic rings. The van der Waals surface area contributed by atoms with Crippen LogP contribution in [0.3, 0.4) is 0 Å². The first-order chi connectivity index (χ1) is 8.89. The van der Waals surface area contributed by atoms with Crippen LogP contribution in [0.1, 0.15) is 22.8 Å². The van der Waals surface area contributed by atoms with Crippen LogP contribution in [0.5, 0.6) is 0 Å². The second kappa shape index (κ2) is 5.31. The molecule has 1 N–H and O–H groups in total. The molecule has 0 amide bonds. The smallest absolute Gasteiger partial charge is 0.104 e. The summed E-state index contributed by atoms with van der Waals surface area (Å²) >= 11 is 0. The normalized spacial score (nSPS) is 13.3. The third-order valence-corrected chi connectivity index (χ3v) is 5.53. The van der Waals surface area contributed by atoms with E-state index in [9.17, 15) is 5.11 Å². The van der Waals surface area contributed by atoms with E-state index in [1.165, 1.54) is 10.8 Å². The summed E-state index contributed by atoms with van der Waals surface area (Å²) in [6.45, 7) is 9.00. The molecule has 0 radical (unpaired) electrons. The van der Waals surface area contributed by atoms with Crippen molar-refractivity contribution in [1.82, 2.24) is 0 Å². The highest BCUT2D eigenvalue weighted by Gasteiger charge is 2.23. The Morgan fingerprint density at radius 3 is 2.05 bits per heavy atom. The summed E-state index contributed by atoms with van der Waals surface area (Å²) in [4.78, 5) is 0. The monoisotopic (exact) mass is 270 g/mol. The van der Waals surface area contributed by atoms with Crippen LogP contribution < -0.4 is 5.19 Å². The molecule has 0 saturated carbocycles. The van der Waals surface area contributed by atoms with Gasteiger partial charge in [-0.15, -0.1) is 0 Å². The first-order valence-corrected chi connectivity index (χ1v) is 10.2. The standard InChI is InChI=1S/C17H22OSi/c1-13-9-11-14(12-10-13)17(18)15-7-5-6-8-16(15)19(2,3)4/h5-12,17-18H,1-4H3. The largest absolute Gasteiger partial charge is 0.384 e.